The lowest BCUT2D eigenvalue weighted by atomic mass is 10.2. The van der Waals surface area contributed by atoms with Crippen molar-refractivity contribution in [2.24, 2.45) is 0 Å². The normalized spacial score (nSPS) is 10.1. The fourth-order valence-electron chi connectivity index (χ4n) is 1.28. The first-order chi connectivity index (χ1) is 7.61. The summed E-state index contributed by atoms with van der Waals surface area (Å²) in [6, 6.07) is 9.51. The van der Waals surface area contributed by atoms with Crippen LogP contribution in [0.25, 0.3) is 10.4 Å². The number of nitrogens with zero attached hydrogens (tertiary/aromatic N) is 1. The Hall–Kier alpha value is -1.02. The highest BCUT2D eigenvalue weighted by atomic mass is 79.9. The summed E-state index contributed by atoms with van der Waals surface area (Å²) < 4.78 is 0.850. The lowest BCUT2D eigenvalue weighted by Crippen LogP contribution is -1.81. The number of anilines is 1. The van der Waals surface area contributed by atoms with Gasteiger partial charge in [-0.25, -0.2) is 0 Å². The van der Waals surface area contributed by atoms with E-state index in [9.17, 15) is 0 Å². The highest BCUT2D eigenvalue weighted by molar-refractivity contribution is 9.10. The van der Waals surface area contributed by atoms with Gasteiger partial charge >= 0.3 is 0 Å². The Morgan fingerprint density at radius 2 is 2.12 bits per heavy atom. The monoisotopic (exact) mass is 312 g/mol. The molecule has 0 bridgehead atoms. The van der Waals surface area contributed by atoms with Crippen LogP contribution in [-0.4, -0.2) is 0 Å². The lowest BCUT2D eigenvalue weighted by Gasteiger charge is -1.99. The zero-order chi connectivity index (χ0) is 11.7. The number of nitrogens with two attached hydrogens (primary N) is 1. The van der Waals surface area contributed by atoms with Gasteiger partial charge in [0.2, 0.25) is 0 Å². The molecule has 16 heavy (non-hydrogen) atoms. The van der Waals surface area contributed by atoms with Crippen molar-refractivity contribution in [3.8, 4) is 16.5 Å². The molecule has 0 saturated carbocycles. The molecule has 0 aliphatic rings. The zero-order valence-corrected chi connectivity index (χ0v) is 11.2. The van der Waals surface area contributed by atoms with E-state index in [-0.39, 0.29) is 0 Å². The number of thiophene rings is 1. The Balaban J connectivity index is 2.51. The molecule has 0 atom stereocenters. The molecular weight excluding hydrogens is 308 g/mol. The van der Waals surface area contributed by atoms with Crippen molar-refractivity contribution < 1.29 is 0 Å². The molecule has 0 fully saturated rings. The Kier molecular flexibility index (Phi) is 3.20. The number of hydrogen-bond donors (Lipinski definition) is 1. The third kappa shape index (κ3) is 2.07. The summed E-state index contributed by atoms with van der Waals surface area (Å²) >= 11 is 10.7. The molecule has 80 valence electrons. The van der Waals surface area contributed by atoms with Gasteiger partial charge in [-0.2, -0.15) is 5.26 Å². The van der Waals surface area contributed by atoms with Crippen LogP contribution in [0.15, 0.2) is 28.7 Å². The SMILES string of the molecule is N#Cc1sc(-c2ccc(Br)c(Cl)c2)cc1N. The van der Waals surface area contributed by atoms with Crippen molar-refractivity contribution in [3.63, 3.8) is 0 Å². The Morgan fingerprint density at radius 1 is 1.38 bits per heavy atom. The fourth-order valence-corrected chi connectivity index (χ4v) is 2.58. The lowest BCUT2D eigenvalue weighted by molar-refractivity contribution is 1.52. The third-order valence-electron chi connectivity index (χ3n) is 2.07. The van der Waals surface area contributed by atoms with Crippen LogP contribution in [0.2, 0.25) is 5.02 Å². The predicted molar refractivity (Wildman–Crippen MR) is 71.6 cm³/mol. The Morgan fingerprint density at radius 3 is 2.69 bits per heavy atom. The van der Waals surface area contributed by atoms with Crippen LogP contribution in [0, 0.1) is 11.3 Å². The van der Waals surface area contributed by atoms with Crippen molar-refractivity contribution in [1.29, 1.82) is 5.26 Å². The molecule has 2 nitrogen and oxygen atoms in total. The number of hydrogen-bond acceptors (Lipinski definition) is 3. The minimum Gasteiger partial charge on any atom is -0.397 e. The summed E-state index contributed by atoms with van der Waals surface area (Å²) in [5.74, 6) is 0. The molecule has 1 aromatic carbocycles. The maximum absolute atomic E-state index is 8.82. The van der Waals surface area contributed by atoms with E-state index >= 15 is 0 Å². The minimum absolute atomic E-state index is 0.515. The van der Waals surface area contributed by atoms with Crippen molar-refractivity contribution in [3.05, 3.63) is 38.6 Å². The molecule has 1 heterocycles. The molecule has 0 aliphatic heterocycles. The van der Waals surface area contributed by atoms with E-state index in [0.717, 1.165) is 14.9 Å². The van der Waals surface area contributed by atoms with Crippen LogP contribution in [0.3, 0.4) is 0 Å². The largest absolute Gasteiger partial charge is 0.397 e. The van der Waals surface area contributed by atoms with Gasteiger partial charge in [-0.1, -0.05) is 17.7 Å². The van der Waals surface area contributed by atoms with Gasteiger partial charge in [0, 0.05) is 9.35 Å². The smallest absolute Gasteiger partial charge is 0.128 e. The molecular formula is C11H6BrClN2S. The van der Waals surface area contributed by atoms with Gasteiger partial charge in [-0.15, -0.1) is 11.3 Å². The summed E-state index contributed by atoms with van der Waals surface area (Å²) in [4.78, 5) is 1.48. The summed E-state index contributed by atoms with van der Waals surface area (Å²) in [5, 5.41) is 9.47. The first-order valence-electron chi connectivity index (χ1n) is 4.36. The molecule has 2 rings (SSSR count). The average Bonchev–Trinajstić information content (AvgIpc) is 2.64. The third-order valence-corrected chi connectivity index (χ3v) is 4.40. The van der Waals surface area contributed by atoms with Gasteiger partial charge in [-0.05, 0) is 39.7 Å². The Bertz CT molecular complexity index is 586. The van der Waals surface area contributed by atoms with Crippen molar-refractivity contribution in [2.45, 2.75) is 0 Å². The van der Waals surface area contributed by atoms with E-state index in [2.05, 4.69) is 22.0 Å². The summed E-state index contributed by atoms with van der Waals surface area (Å²) in [6.45, 7) is 0. The molecule has 0 radical (unpaired) electrons. The first-order valence-corrected chi connectivity index (χ1v) is 6.35. The van der Waals surface area contributed by atoms with Crippen LogP contribution in [0.5, 0.6) is 0 Å². The molecule has 0 unspecified atom stereocenters. The van der Waals surface area contributed by atoms with Crippen molar-refractivity contribution in [1.82, 2.24) is 0 Å². The van der Waals surface area contributed by atoms with Gasteiger partial charge in [0.25, 0.3) is 0 Å². The molecule has 0 amide bonds. The molecule has 0 saturated heterocycles. The molecule has 2 N–H and O–H groups in total. The van der Waals surface area contributed by atoms with Crippen molar-refractivity contribution in [2.75, 3.05) is 5.73 Å². The average molecular weight is 314 g/mol. The summed E-state index contributed by atoms with van der Waals surface area (Å²) in [6.07, 6.45) is 0. The van der Waals surface area contributed by atoms with Crippen LogP contribution in [0.1, 0.15) is 4.88 Å². The van der Waals surface area contributed by atoms with Crippen LogP contribution < -0.4 is 5.73 Å². The van der Waals surface area contributed by atoms with Gasteiger partial charge in [0.15, 0.2) is 0 Å². The quantitative estimate of drug-likeness (QED) is 0.854. The summed E-state index contributed by atoms with van der Waals surface area (Å²) in [5.41, 5.74) is 7.18. The highest BCUT2D eigenvalue weighted by Gasteiger charge is 2.08. The maximum Gasteiger partial charge on any atom is 0.128 e. The first kappa shape index (κ1) is 11.5. The van der Waals surface area contributed by atoms with E-state index in [4.69, 9.17) is 22.6 Å². The number of nitrogen functional groups attached to an aromatic ring is 1. The summed E-state index contributed by atoms with van der Waals surface area (Å²) in [7, 11) is 0. The molecule has 0 aliphatic carbocycles. The van der Waals surface area contributed by atoms with Gasteiger partial charge in [0.1, 0.15) is 10.9 Å². The van der Waals surface area contributed by atoms with Gasteiger partial charge in [-0.3, -0.25) is 0 Å². The minimum atomic E-state index is 0.515. The van der Waals surface area contributed by atoms with E-state index in [1.807, 2.05) is 18.2 Å². The van der Waals surface area contributed by atoms with E-state index < -0.39 is 0 Å². The molecule has 1 aromatic heterocycles. The second kappa shape index (κ2) is 4.46. The van der Waals surface area contributed by atoms with Crippen LogP contribution >= 0.6 is 38.9 Å². The van der Waals surface area contributed by atoms with Crippen LogP contribution in [-0.2, 0) is 0 Å². The standard InChI is InChI=1S/C11H6BrClN2S/c12-7-2-1-6(3-8(7)13)10-4-9(15)11(5-14)16-10/h1-4H,15H2. The van der Waals surface area contributed by atoms with Gasteiger partial charge in [0.05, 0.1) is 10.7 Å². The van der Waals surface area contributed by atoms with E-state index in [1.54, 1.807) is 6.07 Å². The molecule has 2 aromatic rings. The van der Waals surface area contributed by atoms with Crippen LogP contribution in [0.4, 0.5) is 5.69 Å². The number of benzene rings is 1. The predicted octanol–water partition coefficient (Wildman–Crippen LogP) is 4.28. The van der Waals surface area contributed by atoms with Gasteiger partial charge < -0.3 is 5.73 Å². The second-order valence-electron chi connectivity index (χ2n) is 3.14. The van der Waals surface area contributed by atoms with E-state index in [0.29, 0.717) is 15.6 Å². The van der Waals surface area contributed by atoms with Crippen molar-refractivity contribution >= 4 is 44.6 Å². The van der Waals surface area contributed by atoms with E-state index in [1.165, 1.54) is 11.3 Å². The number of nitriles is 1. The highest BCUT2D eigenvalue weighted by Crippen LogP contribution is 2.35. The zero-order valence-electron chi connectivity index (χ0n) is 8.00. The second-order valence-corrected chi connectivity index (χ2v) is 5.45. The fraction of sp³-hybridized carbons (Fsp3) is 0. The molecule has 0 spiro atoms. The number of rotatable bonds is 1. The molecule has 5 heteroatoms. The maximum atomic E-state index is 8.82. The topological polar surface area (TPSA) is 49.8 Å². The Labute approximate surface area is 110 Å². The number of halogens is 2.